The summed E-state index contributed by atoms with van der Waals surface area (Å²) >= 11 is 1.58. The lowest BCUT2D eigenvalue weighted by molar-refractivity contribution is 0.354. The number of aryl methyl sites for hydroxylation is 1. The zero-order valence-corrected chi connectivity index (χ0v) is 18.2. The van der Waals surface area contributed by atoms with Gasteiger partial charge in [-0.15, -0.1) is 11.3 Å². The van der Waals surface area contributed by atoms with Crippen LogP contribution in [0.5, 0.6) is 17.2 Å². The molecule has 3 aromatic rings. The van der Waals surface area contributed by atoms with Crippen LogP contribution in [0.2, 0.25) is 0 Å². The van der Waals surface area contributed by atoms with Gasteiger partial charge in [0.2, 0.25) is 5.88 Å². The molecule has 0 fully saturated rings. The monoisotopic (exact) mass is 435 g/mol. The molecule has 158 valence electrons. The largest absolute Gasteiger partial charge is 0.493 e. The molecule has 0 radical (unpaired) electrons. The van der Waals surface area contributed by atoms with Gasteiger partial charge in [0, 0.05) is 16.6 Å². The van der Waals surface area contributed by atoms with Crippen LogP contribution in [0.1, 0.15) is 27.6 Å². The average Bonchev–Trinajstić information content (AvgIpc) is 3.28. The standard InChI is InChI=1S/C23H21N3O4S/c1-13-9-19-21(23(27)26(13)12-15-5-4-8-31-15)20(16(11-24)22(25)30-19)14-6-7-17(28-2)18(10-14)29-3/h4-10,20H,12,25H2,1-3H3. The number of nitrogens with zero attached hydrogens (tertiary/aromatic N) is 2. The number of pyridine rings is 1. The number of thiophene rings is 1. The third-order valence-electron chi connectivity index (χ3n) is 5.32. The van der Waals surface area contributed by atoms with Crippen LogP contribution in [-0.2, 0) is 6.54 Å². The van der Waals surface area contributed by atoms with Gasteiger partial charge < -0.3 is 24.5 Å². The zero-order valence-electron chi connectivity index (χ0n) is 17.3. The van der Waals surface area contributed by atoms with Crippen molar-refractivity contribution in [3.05, 3.63) is 85.3 Å². The fraction of sp³-hybridized carbons (Fsp3) is 0.217. The topological polar surface area (TPSA) is 99.5 Å². The molecule has 8 heteroatoms. The number of fused-ring (bicyclic) bond motifs is 1. The van der Waals surface area contributed by atoms with Gasteiger partial charge >= 0.3 is 0 Å². The Morgan fingerprint density at radius 3 is 2.65 bits per heavy atom. The Balaban J connectivity index is 1.94. The van der Waals surface area contributed by atoms with Gasteiger partial charge in [-0.1, -0.05) is 12.1 Å². The number of methoxy groups -OCH3 is 2. The lowest BCUT2D eigenvalue weighted by Gasteiger charge is -2.27. The highest BCUT2D eigenvalue weighted by molar-refractivity contribution is 7.09. The van der Waals surface area contributed by atoms with E-state index in [9.17, 15) is 10.1 Å². The van der Waals surface area contributed by atoms with Crippen LogP contribution in [0.4, 0.5) is 0 Å². The van der Waals surface area contributed by atoms with Crippen LogP contribution in [0, 0.1) is 18.3 Å². The fourth-order valence-electron chi connectivity index (χ4n) is 3.81. The Labute approximate surface area is 183 Å². The maximum absolute atomic E-state index is 13.6. The van der Waals surface area contributed by atoms with Crippen molar-refractivity contribution in [1.29, 1.82) is 5.26 Å². The minimum atomic E-state index is -0.684. The highest BCUT2D eigenvalue weighted by Gasteiger charge is 2.34. The quantitative estimate of drug-likeness (QED) is 0.658. The van der Waals surface area contributed by atoms with E-state index in [2.05, 4.69) is 6.07 Å². The molecule has 2 N–H and O–H groups in total. The van der Waals surface area contributed by atoms with Crippen molar-refractivity contribution in [2.24, 2.45) is 5.73 Å². The maximum Gasteiger partial charge on any atom is 0.259 e. The summed E-state index contributed by atoms with van der Waals surface area (Å²) in [7, 11) is 3.08. The Morgan fingerprint density at radius 2 is 2.00 bits per heavy atom. The van der Waals surface area contributed by atoms with Crippen LogP contribution >= 0.6 is 11.3 Å². The van der Waals surface area contributed by atoms with E-state index in [-0.39, 0.29) is 17.0 Å². The summed E-state index contributed by atoms with van der Waals surface area (Å²) in [6.45, 7) is 2.29. The van der Waals surface area contributed by atoms with Gasteiger partial charge in [0.05, 0.1) is 32.2 Å². The molecule has 0 saturated heterocycles. The van der Waals surface area contributed by atoms with Crippen molar-refractivity contribution in [1.82, 2.24) is 4.57 Å². The van der Waals surface area contributed by atoms with Gasteiger partial charge in [-0.25, -0.2) is 0 Å². The van der Waals surface area contributed by atoms with Gasteiger partial charge in [-0.3, -0.25) is 4.79 Å². The van der Waals surface area contributed by atoms with E-state index in [0.29, 0.717) is 34.9 Å². The predicted octanol–water partition coefficient (Wildman–Crippen LogP) is 3.50. The van der Waals surface area contributed by atoms with E-state index in [0.717, 1.165) is 10.6 Å². The Bertz CT molecular complexity index is 1270. The Kier molecular flexibility index (Phi) is 5.44. The molecule has 0 amide bonds. The SMILES string of the molecule is COc1ccc(C2C(C#N)=C(N)Oc3cc(C)n(Cc4cccs4)c(=O)c32)cc1OC. The minimum absolute atomic E-state index is 0.00964. The number of nitrogens with two attached hydrogens (primary N) is 1. The first-order chi connectivity index (χ1) is 15.0. The van der Waals surface area contributed by atoms with Crippen molar-refractivity contribution in [3.63, 3.8) is 0 Å². The van der Waals surface area contributed by atoms with Crippen LogP contribution < -0.4 is 25.5 Å². The molecule has 0 saturated carbocycles. The second kappa shape index (κ2) is 8.20. The highest BCUT2D eigenvalue weighted by atomic mass is 32.1. The molecule has 1 aliphatic heterocycles. The molecule has 1 aromatic carbocycles. The first-order valence-electron chi connectivity index (χ1n) is 9.54. The van der Waals surface area contributed by atoms with E-state index in [1.807, 2.05) is 24.4 Å². The van der Waals surface area contributed by atoms with E-state index in [4.69, 9.17) is 19.9 Å². The number of hydrogen-bond donors (Lipinski definition) is 1. The summed E-state index contributed by atoms with van der Waals surface area (Å²) in [5.41, 5.74) is 7.85. The van der Waals surface area contributed by atoms with Gasteiger partial charge in [0.1, 0.15) is 17.4 Å². The van der Waals surface area contributed by atoms with Crippen molar-refractivity contribution >= 4 is 11.3 Å². The third kappa shape index (κ3) is 3.53. The molecule has 0 spiro atoms. The number of aromatic nitrogens is 1. The summed E-state index contributed by atoms with van der Waals surface area (Å²) in [4.78, 5) is 14.7. The summed E-state index contributed by atoms with van der Waals surface area (Å²) in [5, 5.41) is 11.8. The van der Waals surface area contributed by atoms with Gasteiger partial charge in [-0.05, 0) is 36.1 Å². The summed E-state index contributed by atoms with van der Waals surface area (Å²) in [5.74, 6) is 0.713. The van der Waals surface area contributed by atoms with E-state index >= 15 is 0 Å². The van der Waals surface area contributed by atoms with Crippen molar-refractivity contribution in [3.8, 4) is 23.3 Å². The molecule has 3 heterocycles. The molecule has 31 heavy (non-hydrogen) atoms. The normalized spacial score (nSPS) is 15.1. The molecule has 1 unspecified atom stereocenters. The lowest BCUT2D eigenvalue weighted by Crippen LogP contribution is -2.32. The highest BCUT2D eigenvalue weighted by Crippen LogP contribution is 2.42. The van der Waals surface area contributed by atoms with Crippen LogP contribution in [-0.4, -0.2) is 18.8 Å². The number of benzene rings is 1. The smallest absolute Gasteiger partial charge is 0.259 e. The lowest BCUT2D eigenvalue weighted by atomic mass is 9.84. The molecule has 2 aromatic heterocycles. The minimum Gasteiger partial charge on any atom is -0.493 e. The molecule has 1 atom stereocenters. The molecule has 0 aliphatic carbocycles. The van der Waals surface area contributed by atoms with Crippen molar-refractivity contribution < 1.29 is 14.2 Å². The van der Waals surface area contributed by atoms with Crippen LogP contribution in [0.3, 0.4) is 0 Å². The number of hydrogen-bond acceptors (Lipinski definition) is 7. The summed E-state index contributed by atoms with van der Waals surface area (Å²) in [6.07, 6.45) is 0. The van der Waals surface area contributed by atoms with E-state index in [1.165, 1.54) is 7.11 Å². The Hall–Kier alpha value is -3.70. The van der Waals surface area contributed by atoms with Crippen molar-refractivity contribution in [2.45, 2.75) is 19.4 Å². The Morgan fingerprint density at radius 1 is 1.23 bits per heavy atom. The first kappa shape index (κ1) is 20.6. The maximum atomic E-state index is 13.6. The number of ether oxygens (including phenoxy) is 3. The van der Waals surface area contributed by atoms with E-state index < -0.39 is 5.92 Å². The number of allylic oxidation sites excluding steroid dienone is 1. The fourth-order valence-corrected chi connectivity index (χ4v) is 4.50. The average molecular weight is 436 g/mol. The number of nitriles is 1. The third-order valence-corrected chi connectivity index (χ3v) is 6.19. The summed E-state index contributed by atoms with van der Waals surface area (Å²) < 4.78 is 18.2. The van der Waals surface area contributed by atoms with E-state index in [1.54, 1.807) is 47.3 Å². The second-order valence-corrected chi connectivity index (χ2v) is 8.11. The molecule has 0 bridgehead atoms. The molecular weight excluding hydrogens is 414 g/mol. The summed E-state index contributed by atoms with van der Waals surface area (Å²) in [6, 6.07) is 13.2. The molecule has 7 nitrogen and oxygen atoms in total. The van der Waals surface area contributed by atoms with Gasteiger partial charge in [0.25, 0.3) is 5.56 Å². The zero-order chi connectivity index (χ0) is 22.1. The molecule has 1 aliphatic rings. The van der Waals surface area contributed by atoms with Crippen LogP contribution in [0.15, 0.2) is 58.0 Å². The predicted molar refractivity (Wildman–Crippen MR) is 118 cm³/mol. The van der Waals surface area contributed by atoms with Crippen molar-refractivity contribution in [2.75, 3.05) is 14.2 Å². The number of rotatable bonds is 5. The van der Waals surface area contributed by atoms with Gasteiger partial charge in [-0.2, -0.15) is 5.26 Å². The van der Waals surface area contributed by atoms with Gasteiger partial charge in [0.15, 0.2) is 11.5 Å². The second-order valence-electron chi connectivity index (χ2n) is 7.07. The van der Waals surface area contributed by atoms with Crippen LogP contribution in [0.25, 0.3) is 0 Å². The molecular formula is C23H21N3O4S. The molecule has 4 rings (SSSR count). The first-order valence-corrected chi connectivity index (χ1v) is 10.4.